The highest BCUT2D eigenvalue weighted by molar-refractivity contribution is 6.42. The first-order valence-corrected chi connectivity index (χ1v) is 5.35. The van der Waals surface area contributed by atoms with Crippen LogP contribution in [0, 0.1) is 10.1 Å². The van der Waals surface area contributed by atoms with Crippen molar-refractivity contribution < 1.29 is 14.8 Å². The summed E-state index contributed by atoms with van der Waals surface area (Å²) in [5.74, 6) is -0.0584. The van der Waals surface area contributed by atoms with E-state index in [2.05, 4.69) is 0 Å². The zero-order valence-corrected chi connectivity index (χ0v) is 10.1. The smallest absolute Gasteiger partial charge is 0.312 e. The number of nitro groups is 1. The Kier molecular flexibility index (Phi) is 4.95. The van der Waals surface area contributed by atoms with Crippen LogP contribution in [0.5, 0.6) is 5.75 Å². The molecule has 0 bridgehead atoms. The Labute approximate surface area is 107 Å². The van der Waals surface area contributed by atoms with Gasteiger partial charge < -0.3 is 15.6 Å². The van der Waals surface area contributed by atoms with Crippen LogP contribution in [-0.2, 0) is 0 Å². The number of aliphatic hydroxyl groups excluding tert-OH is 1. The maximum absolute atomic E-state index is 10.7. The molecule has 0 amide bonds. The molecule has 0 aliphatic heterocycles. The van der Waals surface area contributed by atoms with Crippen LogP contribution in [0.4, 0.5) is 5.69 Å². The minimum atomic E-state index is -0.899. The molecular weight excluding hydrogens is 271 g/mol. The minimum Gasteiger partial charge on any atom is -0.484 e. The Hall–Kier alpha value is -1.08. The van der Waals surface area contributed by atoms with Crippen LogP contribution in [0.15, 0.2) is 12.1 Å². The molecule has 0 heterocycles. The van der Waals surface area contributed by atoms with E-state index in [1.165, 1.54) is 6.07 Å². The number of aliphatic hydroxyl groups is 1. The highest BCUT2D eigenvalue weighted by atomic mass is 35.5. The van der Waals surface area contributed by atoms with Crippen LogP contribution >= 0.6 is 23.2 Å². The van der Waals surface area contributed by atoms with Gasteiger partial charge >= 0.3 is 5.69 Å². The predicted octanol–water partition coefficient (Wildman–Crippen LogP) is 1.60. The summed E-state index contributed by atoms with van der Waals surface area (Å²) in [5, 5.41) is 20.1. The summed E-state index contributed by atoms with van der Waals surface area (Å²) in [6.07, 6.45) is -0.899. The van der Waals surface area contributed by atoms with Crippen molar-refractivity contribution in [1.82, 2.24) is 0 Å². The monoisotopic (exact) mass is 280 g/mol. The second-order valence-electron chi connectivity index (χ2n) is 3.19. The Morgan fingerprint density at radius 3 is 2.59 bits per heavy atom. The molecule has 0 saturated carbocycles. The van der Waals surface area contributed by atoms with Crippen LogP contribution in [0.25, 0.3) is 0 Å². The molecule has 0 aliphatic carbocycles. The molecule has 1 rings (SSSR count). The van der Waals surface area contributed by atoms with Gasteiger partial charge in [-0.2, -0.15) is 0 Å². The van der Waals surface area contributed by atoms with Gasteiger partial charge in [-0.3, -0.25) is 10.1 Å². The zero-order valence-electron chi connectivity index (χ0n) is 8.60. The van der Waals surface area contributed by atoms with Crippen molar-refractivity contribution in [3.63, 3.8) is 0 Å². The molecule has 1 unspecified atom stereocenters. The number of benzene rings is 1. The molecule has 94 valence electrons. The van der Waals surface area contributed by atoms with E-state index < -0.39 is 11.0 Å². The van der Waals surface area contributed by atoms with Crippen LogP contribution in [0.1, 0.15) is 0 Å². The fourth-order valence-corrected chi connectivity index (χ4v) is 1.34. The number of hydrogen-bond acceptors (Lipinski definition) is 5. The normalized spacial score (nSPS) is 12.2. The first-order chi connectivity index (χ1) is 7.95. The Morgan fingerprint density at radius 1 is 1.47 bits per heavy atom. The van der Waals surface area contributed by atoms with Gasteiger partial charge in [0.2, 0.25) is 0 Å². The van der Waals surface area contributed by atoms with E-state index in [4.69, 9.17) is 33.7 Å². The largest absolute Gasteiger partial charge is 0.484 e. The van der Waals surface area contributed by atoms with Gasteiger partial charge in [0.05, 0.1) is 15.0 Å². The molecule has 0 spiro atoms. The van der Waals surface area contributed by atoms with Crippen molar-refractivity contribution in [3.8, 4) is 5.75 Å². The second kappa shape index (κ2) is 6.02. The quantitative estimate of drug-likeness (QED) is 0.631. The topological polar surface area (TPSA) is 98.6 Å². The molecule has 17 heavy (non-hydrogen) atoms. The fourth-order valence-electron chi connectivity index (χ4n) is 1.03. The lowest BCUT2D eigenvalue weighted by Gasteiger charge is -2.11. The number of rotatable bonds is 5. The third kappa shape index (κ3) is 3.71. The molecule has 1 aromatic rings. The zero-order chi connectivity index (χ0) is 13.0. The van der Waals surface area contributed by atoms with Crippen molar-refractivity contribution in [2.24, 2.45) is 5.73 Å². The van der Waals surface area contributed by atoms with Crippen molar-refractivity contribution in [2.45, 2.75) is 6.10 Å². The van der Waals surface area contributed by atoms with Gasteiger partial charge in [-0.15, -0.1) is 0 Å². The summed E-state index contributed by atoms with van der Waals surface area (Å²) < 4.78 is 5.07. The molecular formula is C9H10Cl2N2O4. The summed E-state index contributed by atoms with van der Waals surface area (Å²) in [4.78, 5) is 10.1. The van der Waals surface area contributed by atoms with E-state index in [0.717, 1.165) is 6.07 Å². The van der Waals surface area contributed by atoms with E-state index >= 15 is 0 Å². The van der Waals surface area contributed by atoms with Gasteiger partial charge in [0.25, 0.3) is 0 Å². The third-order valence-corrected chi connectivity index (χ3v) is 2.62. The summed E-state index contributed by atoms with van der Waals surface area (Å²) >= 11 is 11.4. The van der Waals surface area contributed by atoms with Crippen LogP contribution < -0.4 is 10.5 Å². The summed E-state index contributed by atoms with van der Waals surface area (Å²) in [5.41, 5.74) is 4.86. The molecule has 3 N–H and O–H groups in total. The Morgan fingerprint density at radius 2 is 2.06 bits per heavy atom. The highest BCUT2D eigenvalue weighted by Crippen LogP contribution is 2.35. The second-order valence-corrected chi connectivity index (χ2v) is 4.01. The van der Waals surface area contributed by atoms with E-state index in [1.807, 2.05) is 0 Å². The lowest BCUT2D eigenvalue weighted by atomic mass is 10.3. The maximum Gasteiger partial charge on any atom is 0.312 e. The number of nitro benzene ring substituents is 1. The predicted molar refractivity (Wildman–Crippen MR) is 63.7 cm³/mol. The summed E-state index contributed by atoms with van der Waals surface area (Å²) in [7, 11) is 0. The first kappa shape index (κ1) is 14.0. The molecule has 0 radical (unpaired) electrons. The van der Waals surface area contributed by atoms with Crippen molar-refractivity contribution in [3.05, 3.63) is 32.3 Å². The SMILES string of the molecule is NCC(O)COc1cc(Cl)c(Cl)cc1[N+](=O)[O-]. The van der Waals surface area contributed by atoms with Crippen molar-refractivity contribution in [1.29, 1.82) is 0 Å². The standard InChI is InChI=1S/C9H10Cl2N2O4/c10-6-1-8(13(15)16)9(2-7(6)11)17-4-5(14)3-12/h1-2,5,14H,3-4,12H2. The van der Waals surface area contributed by atoms with Crippen LogP contribution in [-0.4, -0.2) is 29.3 Å². The van der Waals surface area contributed by atoms with Crippen LogP contribution in [0.2, 0.25) is 10.0 Å². The lowest BCUT2D eigenvalue weighted by molar-refractivity contribution is -0.385. The van der Waals surface area contributed by atoms with E-state index in [0.29, 0.717) is 0 Å². The molecule has 0 saturated heterocycles. The fraction of sp³-hybridized carbons (Fsp3) is 0.333. The molecule has 0 aliphatic rings. The summed E-state index contributed by atoms with van der Waals surface area (Å²) in [6.45, 7) is -0.162. The number of hydrogen-bond donors (Lipinski definition) is 2. The molecule has 0 fully saturated rings. The van der Waals surface area contributed by atoms with Gasteiger partial charge in [-0.05, 0) is 0 Å². The van der Waals surface area contributed by atoms with Gasteiger partial charge in [0.15, 0.2) is 5.75 Å². The highest BCUT2D eigenvalue weighted by Gasteiger charge is 2.19. The number of ether oxygens (including phenoxy) is 1. The minimum absolute atomic E-state index is 0.00484. The average molecular weight is 281 g/mol. The Bertz CT molecular complexity index is 428. The van der Waals surface area contributed by atoms with Gasteiger partial charge in [-0.1, -0.05) is 23.2 Å². The van der Waals surface area contributed by atoms with Crippen molar-refractivity contribution in [2.75, 3.05) is 13.2 Å². The van der Waals surface area contributed by atoms with E-state index in [9.17, 15) is 15.2 Å². The van der Waals surface area contributed by atoms with E-state index in [-0.39, 0.29) is 34.6 Å². The number of halogens is 2. The molecule has 0 aromatic heterocycles. The van der Waals surface area contributed by atoms with Gasteiger partial charge in [0, 0.05) is 18.7 Å². The van der Waals surface area contributed by atoms with Crippen LogP contribution in [0.3, 0.4) is 0 Å². The first-order valence-electron chi connectivity index (χ1n) is 4.60. The van der Waals surface area contributed by atoms with Crippen molar-refractivity contribution >= 4 is 28.9 Å². The molecule has 1 atom stereocenters. The summed E-state index contributed by atoms with van der Waals surface area (Å²) in [6, 6.07) is 2.32. The average Bonchev–Trinajstić information content (AvgIpc) is 2.29. The maximum atomic E-state index is 10.7. The van der Waals surface area contributed by atoms with E-state index in [1.54, 1.807) is 0 Å². The molecule has 6 nitrogen and oxygen atoms in total. The molecule has 8 heteroatoms. The van der Waals surface area contributed by atoms with Gasteiger partial charge in [-0.25, -0.2) is 0 Å². The third-order valence-electron chi connectivity index (χ3n) is 1.90. The molecule has 1 aromatic carbocycles. The number of nitrogens with two attached hydrogens (primary N) is 1. The lowest BCUT2D eigenvalue weighted by Crippen LogP contribution is -2.26. The Balaban J connectivity index is 2.96. The number of nitrogens with zero attached hydrogens (tertiary/aromatic N) is 1. The van der Waals surface area contributed by atoms with Gasteiger partial charge in [0.1, 0.15) is 12.7 Å².